The molecule has 0 fully saturated rings. The molecule has 0 atom stereocenters. The SMILES string of the molecule is O=c1oc2cccc(F)c2n1Cn1ccnc1. The zero-order valence-electron chi connectivity index (χ0n) is 8.71. The Morgan fingerprint density at radius 3 is 3.06 bits per heavy atom. The number of fused-ring (bicyclic) bond motifs is 1. The molecule has 0 amide bonds. The topological polar surface area (TPSA) is 53.0 Å². The minimum absolute atomic E-state index is 0.172. The van der Waals surface area contributed by atoms with E-state index in [9.17, 15) is 9.18 Å². The van der Waals surface area contributed by atoms with Gasteiger partial charge in [-0.3, -0.25) is 4.57 Å². The van der Waals surface area contributed by atoms with Gasteiger partial charge in [-0.2, -0.15) is 0 Å². The van der Waals surface area contributed by atoms with Crippen LogP contribution in [-0.4, -0.2) is 14.1 Å². The van der Waals surface area contributed by atoms with Gasteiger partial charge in [0, 0.05) is 12.4 Å². The summed E-state index contributed by atoms with van der Waals surface area (Å²) < 4.78 is 21.5. The van der Waals surface area contributed by atoms with Gasteiger partial charge in [-0.15, -0.1) is 0 Å². The normalized spacial score (nSPS) is 11.1. The van der Waals surface area contributed by atoms with Crippen LogP contribution >= 0.6 is 0 Å². The Balaban J connectivity index is 2.21. The largest absolute Gasteiger partial charge is 0.421 e. The molecule has 0 aliphatic carbocycles. The summed E-state index contributed by atoms with van der Waals surface area (Å²) in [7, 11) is 0. The highest BCUT2D eigenvalue weighted by Crippen LogP contribution is 2.16. The van der Waals surface area contributed by atoms with Crippen molar-refractivity contribution in [3.8, 4) is 0 Å². The Labute approximate surface area is 94.7 Å². The molecule has 3 rings (SSSR count). The van der Waals surface area contributed by atoms with Crippen molar-refractivity contribution in [1.82, 2.24) is 14.1 Å². The summed E-state index contributed by atoms with van der Waals surface area (Å²) in [4.78, 5) is 15.5. The molecule has 2 aromatic heterocycles. The zero-order valence-corrected chi connectivity index (χ0v) is 8.71. The van der Waals surface area contributed by atoms with Crippen LogP contribution in [0, 0.1) is 5.82 Å². The average Bonchev–Trinajstić information content (AvgIpc) is 2.89. The summed E-state index contributed by atoms with van der Waals surface area (Å²) in [5.74, 6) is -1.06. The van der Waals surface area contributed by atoms with Crippen LogP contribution in [-0.2, 0) is 6.67 Å². The van der Waals surface area contributed by atoms with Crippen LogP contribution < -0.4 is 5.76 Å². The van der Waals surface area contributed by atoms with Crippen LogP contribution in [0.2, 0.25) is 0 Å². The van der Waals surface area contributed by atoms with Crippen molar-refractivity contribution in [2.45, 2.75) is 6.67 Å². The summed E-state index contributed by atoms with van der Waals surface area (Å²) >= 11 is 0. The molecule has 0 saturated carbocycles. The summed E-state index contributed by atoms with van der Waals surface area (Å²) in [6.45, 7) is 0.173. The number of imidazole rings is 1. The maximum atomic E-state index is 13.6. The molecular formula is C11H8FN3O2. The van der Waals surface area contributed by atoms with Crippen LogP contribution in [0.3, 0.4) is 0 Å². The molecule has 3 aromatic rings. The Morgan fingerprint density at radius 1 is 1.41 bits per heavy atom. The van der Waals surface area contributed by atoms with Crippen molar-refractivity contribution >= 4 is 11.1 Å². The molecule has 0 bridgehead atoms. The van der Waals surface area contributed by atoms with Gasteiger partial charge >= 0.3 is 5.76 Å². The van der Waals surface area contributed by atoms with Gasteiger partial charge in [-0.05, 0) is 12.1 Å². The third-order valence-corrected chi connectivity index (χ3v) is 2.50. The molecule has 0 radical (unpaired) electrons. The Hall–Kier alpha value is -2.37. The van der Waals surface area contributed by atoms with E-state index in [1.54, 1.807) is 29.4 Å². The first-order valence-corrected chi connectivity index (χ1v) is 4.99. The van der Waals surface area contributed by atoms with Gasteiger partial charge in [-0.25, -0.2) is 14.2 Å². The number of nitrogens with zero attached hydrogens (tertiary/aromatic N) is 3. The second-order valence-electron chi connectivity index (χ2n) is 3.60. The first-order chi connectivity index (χ1) is 8.25. The molecule has 0 saturated heterocycles. The van der Waals surface area contributed by atoms with Crippen LogP contribution in [0.1, 0.15) is 0 Å². The lowest BCUT2D eigenvalue weighted by atomic mass is 10.3. The third kappa shape index (κ3) is 1.54. The monoisotopic (exact) mass is 233 g/mol. The molecule has 86 valence electrons. The molecule has 0 spiro atoms. The molecular weight excluding hydrogens is 225 g/mol. The maximum Gasteiger partial charge on any atom is 0.421 e. The number of rotatable bonds is 2. The van der Waals surface area contributed by atoms with Gasteiger partial charge in [0.2, 0.25) is 0 Å². The van der Waals surface area contributed by atoms with Gasteiger partial charge < -0.3 is 8.98 Å². The highest BCUT2D eigenvalue weighted by molar-refractivity contribution is 5.73. The fourth-order valence-corrected chi connectivity index (χ4v) is 1.74. The predicted molar refractivity (Wildman–Crippen MR) is 58.1 cm³/mol. The Morgan fingerprint density at radius 2 is 2.29 bits per heavy atom. The number of para-hydroxylation sites is 1. The van der Waals surface area contributed by atoms with Crippen LogP contribution in [0.25, 0.3) is 11.1 Å². The van der Waals surface area contributed by atoms with Gasteiger partial charge in [0.25, 0.3) is 0 Å². The molecule has 1 aromatic carbocycles. The first kappa shape index (κ1) is 9.83. The van der Waals surface area contributed by atoms with E-state index >= 15 is 0 Å². The van der Waals surface area contributed by atoms with Gasteiger partial charge in [0.05, 0.1) is 6.33 Å². The van der Waals surface area contributed by atoms with E-state index in [0.717, 1.165) is 0 Å². The van der Waals surface area contributed by atoms with Crippen LogP contribution in [0.5, 0.6) is 0 Å². The standard InChI is InChI=1S/C11H8FN3O2/c12-8-2-1-3-9-10(8)15(11(16)17-9)7-14-5-4-13-6-14/h1-6H,7H2. The number of halogens is 1. The fraction of sp³-hybridized carbons (Fsp3) is 0.0909. The lowest BCUT2D eigenvalue weighted by Gasteiger charge is -2.02. The maximum absolute atomic E-state index is 13.6. The molecule has 2 heterocycles. The second kappa shape index (κ2) is 3.58. The lowest BCUT2D eigenvalue weighted by molar-refractivity contribution is 0.485. The molecule has 5 nitrogen and oxygen atoms in total. The summed E-state index contributed by atoms with van der Waals surface area (Å²) in [6, 6.07) is 4.36. The van der Waals surface area contributed by atoms with E-state index in [2.05, 4.69) is 4.98 Å². The first-order valence-electron chi connectivity index (χ1n) is 4.99. The minimum Gasteiger partial charge on any atom is -0.408 e. The number of oxazole rings is 1. The Kier molecular flexibility index (Phi) is 2.07. The van der Waals surface area contributed by atoms with Crippen LogP contribution in [0.4, 0.5) is 4.39 Å². The van der Waals surface area contributed by atoms with E-state index < -0.39 is 11.6 Å². The smallest absolute Gasteiger partial charge is 0.408 e. The molecule has 0 unspecified atom stereocenters. The summed E-state index contributed by atoms with van der Waals surface area (Å²) in [5, 5.41) is 0. The van der Waals surface area contributed by atoms with Crippen molar-refractivity contribution in [2.24, 2.45) is 0 Å². The quantitative estimate of drug-likeness (QED) is 0.673. The molecule has 0 aliphatic rings. The molecule has 17 heavy (non-hydrogen) atoms. The molecule has 0 N–H and O–H groups in total. The van der Waals surface area contributed by atoms with Gasteiger partial charge in [0.15, 0.2) is 11.4 Å². The molecule has 6 heteroatoms. The Bertz CT molecular complexity index is 712. The van der Waals surface area contributed by atoms with Crippen molar-refractivity contribution in [2.75, 3.05) is 0 Å². The highest BCUT2D eigenvalue weighted by atomic mass is 19.1. The van der Waals surface area contributed by atoms with E-state index in [4.69, 9.17) is 4.42 Å². The van der Waals surface area contributed by atoms with Crippen molar-refractivity contribution in [3.05, 3.63) is 53.3 Å². The summed E-state index contributed by atoms with van der Waals surface area (Å²) in [6.07, 6.45) is 4.82. The van der Waals surface area contributed by atoms with E-state index in [1.807, 2.05) is 0 Å². The zero-order chi connectivity index (χ0) is 11.8. The fourth-order valence-electron chi connectivity index (χ4n) is 1.74. The van der Waals surface area contributed by atoms with Crippen LogP contribution in [0.15, 0.2) is 46.1 Å². The molecule has 0 aliphatic heterocycles. The second-order valence-corrected chi connectivity index (χ2v) is 3.60. The van der Waals surface area contributed by atoms with Crippen molar-refractivity contribution in [1.29, 1.82) is 0 Å². The number of aromatic nitrogens is 3. The van der Waals surface area contributed by atoms with Crippen molar-refractivity contribution in [3.63, 3.8) is 0 Å². The minimum atomic E-state index is -0.584. The van der Waals surface area contributed by atoms with E-state index in [1.165, 1.54) is 16.7 Å². The lowest BCUT2D eigenvalue weighted by Crippen LogP contribution is -2.18. The number of benzene rings is 1. The third-order valence-electron chi connectivity index (χ3n) is 2.50. The van der Waals surface area contributed by atoms with E-state index in [-0.39, 0.29) is 17.8 Å². The predicted octanol–water partition coefficient (Wildman–Crippen LogP) is 1.44. The number of hydrogen-bond donors (Lipinski definition) is 0. The van der Waals surface area contributed by atoms with Gasteiger partial charge in [-0.1, -0.05) is 6.07 Å². The highest BCUT2D eigenvalue weighted by Gasteiger charge is 2.12. The average molecular weight is 233 g/mol. The van der Waals surface area contributed by atoms with Gasteiger partial charge in [0.1, 0.15) is 12.2 Å². The van der Waals surface area contributed by atoms with Crippen molar-refractivity contribution < 1.29 is 8.81 Å². The number of hydrogen-bond acceptors (Lipinski definition) is 3. The summed E-state index contributed by atoms with van der Waals surface area (Å²) in [5.41, 5.74) is 0.418. The van der Waals surface area contributed by atoms with E-state index in [0.29, 0.717) is 0 Å².